The van der Waals surface area contributed by atoms with Crippen molar-refractivity contribution in [1.82, 2.24) is 34.5 Å². The van der Waals surface area contributed by atoms with E-state index in [1.165, 1.54) is 0 Å². The van der Waals surface area contributed by atoms with Gasteiger partial charge in [-0.25, -0.2) is 4.68 Å². The Morgan fingerprint density at radius 2 is 1.86 bits per heavy atom. The minimum Gasteiger partial charge on any atom is -0.343 e. The monoisotopic (exact) mass is 381 g/mol. The lowest BCUT2D eigenvalue weighted by Crippen LogP contribution is -2.27. The van der Waals surface area contributed by atoms with Gasteiger partial charge in [-0.05, 0) is 50.8 Å². The Labute approximate surface area is 164 Å². The van der Waals surface area contributed by atoms with Crippen LogP contribution in [0.2, 0.25) is 0 Å². The van der Waals surface area contributed by atoms with Crippen LogP contribution in [0.25, 0.3) is 11.5 Å². The van der Waals surface area contributed by atoms with Crippen LogP contribution in [0.15, 0.2) is 12.1 Å². The number of aryl methyl sites for hydroxylation is 1. The summed E-state index contributed by atoms with van der Waals surface area (Å²) in [4.78, 5) is 14.4. The van der Waals surface area contributed by atoms with Crippen LogP contribution in [0.4, 0.5) is 0 Å². The number of amides is 1. The zero-order chi connectivity index (χ0) is 19.8. The molecular formula is C20H27N7O. The summed E-state index contributed by atoms with van der Waals surface area (Å²) < 4.78 is 3.64. The van der Waals surface area contributed by atoms with Gasteiger partial charge in [-0.1, -0.05) is 13.8 Å². The highest BCUT2D eigenvalue weighted by Crippen LogP contribution is 2.20. The molecular weight excluding hydrogens is 354 g/mol. The van der Waals surface area contributed by atoms with Crippen molar-refractivity contribution < 1.29 is 4.79 Å². The van der Waals surface area contributed by atoms with Crippen LogP contribution in [0.1, 0.15) is 61.8 Å². The summed E-state index contributed by atoms with van der Waals surface area (Å²) in [5, 5.41) is 17.8. The van der Waals surface area contributed by atoms with E-state index in [-0.39, 0.29) is 11.8 Å². The number of fused-ring (bicyclic) bond motifs is 1. The molecule has 0 unspecified atom stereocenters. The van der Waals surface area contributed by atoms with Gasteiger partial charge in [0, 0.05) is 31.1 Å². The smallest absolute Gasteiger partial charge is 0.222 e. The van der Waals surface area contributed by atoms with Crippen molar-refractivity contribution in [3.8, 4) is 5.82 Å². The fraction of sp³-hybridized carbons (Fsp3) is 0.550. The Balaban J connectivity index is 1.60. The molecule has 1 fully saturated rings. The van der Waals surface area contributed by atoms with E-state index in [0.29, 0.717) is 12.8 Å². The number of hydrogen-bond acceptors (Lipinski definition) is 5. The first-order chi connectivity index (χ1) is 13.5. The molecule has 148 valence electrons. The van der Waals surface area contributed by atoms with Gasteiger partial charge in [-0.3, -0.25) is 4.79 Å². The molecule has 1 aliphatic heterocycles. The second-order valence-corrected chi connectivity index (χ2v) is 7.82. The Hall–Kier alpha value is -2.77. The fourth-order valence-corrected chi connectivity index (χ4v) is 3.89. The maximum Gasteiger partial charge on any atom is 0.222 e. The Kier molecular flexibility index (Phi) is 4.87. The molecule has 1 aliphatic rings. The number of nitrogens with zero attached hydrogens (tertiary/aromatic N) is 7. The van der Waals surface area contributed by atoms with E-state index < -0.39 is 0 Å². The molecule has 0 N–H and O–H groups in total. The molecule has 0 aromatic carbocycles. The van der Waals surface area contributed by atoms with Gasteiger partial charge in [0.05, 0.1) is 5.69 Å². The molecule has 0 radical (unpaired) electrons. The number of carbonyl (C=O) groups excluding carboxylic acids is 1. The van der Waals surface area contributed by atoms with Crippen LogP contribution >= 0.6 is 0 Å². The average Bonchev–Trinajstić information content (AvgIpc) is 3.39. The highest BCUT2D eigenvalue weighted by molar-refractivity contribution is 5.76. The standard InChI is InChI=1S/C20H27N7O/c1-13(2)20-22-21-17-8-9-18(24-27(17)20)26-15(4)16(14(3)23-26)7-10-19(28)25-11-5-6-12-25/h8-9,13H,5-7,10-12H2,1-4H3. The maximum atomic E-state index is 12.4. The second-order valence-electron chi connectivity index (χ2n) is 7.82. The first-order valence-corrected chi connectivity index (χ1v) is 10.0. The van der Waals surface area contributed by atoms with Crippen molar-refractivity contribution in [2.45, 2.75) is 59.3 Å². The van der Waals surface area contributed by atoms with E-state index in [1.807, 2.05) is 35.6 Å². The predicted octanol–water partition coefficient (Wildman–Crippen LogP) is 2.61. The fourth-order valence-electron chi connectivity index (χ4n) is 3.89. The molecule has 4 rings (SSSR count). The van der Waals surface area contributed by atoms with Crippen molar-refractivity contribution in [2.75, 3.05) is 13.1 Å². The molecule has 0 aliphatic carbocycles. The molecule has 1 saturated heterocycles. The molecule has 28 heavy (non-hydrogen) atoms. The third-order valence-electron chi connectivity index (χ3n) is 5.50. The van der Waals surface area contributed by atoms with Crippen LogP contribution in [-0.2, 0) is 11.2 Å². The Morgan fingerprint density at radius 1 is 1.11 bits per heavy atom. The van der Waals surface area contributed by atoms with Gasteiger partial charge in [0.2, 0.25) is 5.91 Å². The van der Waals surface area contributed by atoms with Crippen LogP contribution in [0.5, 0.6) is 0 Å². The average molecular weight is 381 g/mol. The van der Waals surface area contributed by atoms with Crippen molar-refractivity contribution in [2.24, 2.45) is 0 Å². The van der Waals surface area contributed by atoms with E-state index in [2.05, 4.69) is 24.0 Å². The molecule has 0 saturated carbocycles. The quantitative estimate of drug-likeness (QED) is 0.679. The minimum atomic E-state index is 0.227. The van der Waals surface area contributed by atoms with Crippen LogP contribution in [-0.4, -0.2) is 53.5 Å². The molecule has 8 heteroatoms. The van der Waals surface area contributed by atoms with E-state index in [4.69, 9.17) is 10.2 Å². The van der Waals surface area contributed by atoms with E-state index in [1.54, 1.807) is 4.52 Å². The van der Waals surface area contributed by atoms with Crippen LogP contribution < -0.4 is 0 Å². The normalized spacial score (nSPS) is 14.5. The summed E-state index contributed by atoms with van der Waals surface area (Å²) in [5.41, 5.74) is 3.83. The largest absolute Gasteiger partial charge is 0.343 e. The molecule has 8 nitrogen and oxygen atoms in total. The second kappa shape index (κ2) is 7.33. The zero-order valence-electron chi connectivity index (χ0n) is 17.0. The van der Waals surface area contributed by atoms with Crippen molar-refractivity contribution in [1.29, 1.82) is 0 Å². The number of aromatic nitrogens is 6. The summed E-state index contributed by atoms with van der Waals surface area (Å²) >= 11 is 0. The van der Waals surface area contributed by atoms with Gasteiger partial charge in [0.25, 0.3) is 0 Å². The first-order valence-electron chi connectivity index (χ1n) is 10.0. The van der Waals surface area contributed by atoms with E-state index in [0.717, 1.165) is 60.2 Å². The van der Waals surface area contributed by atoms with Gasteiger partial charge < -0.3 is 4.90 Å². The van der Waals surface area contributed by atoms with Gasteiger partial charge in [-0.15, -0.1) is 15.3 Å². The molecule has 0 atom stereocenters. The van der Waals surface area contributed by atoms with Crippen molar-refractivity contribution in [3.05, 3.63) is 34.9 Å². The maximum absolute atomic E-state index is 12.4. The molecule has 1 amide bonds. The molecule has 4 heterocycles. The van der Waals surface area contributed by atoms with Gasteiger partial charge in [0.1, 0.15) is 0 Å². The van der Waals surface area contributed by atoms with Crippen LogP contribution in [0.3, 0.4) is 0 Å². The zero-order valence-corrected chi connectivity index (χ0v) is 17.0. The topological polar surface area (TPSA) is 81.2 Å². The molecule has 0 spiro atoms. The minimum absolute atomic E-state index is 0.227. The molecule has 3 aromatic rings. The van der Waals surface area contributed by atoms with Crippen molar-refractivity contribution >= 4 is 11.6 Å². The molecule has 3 aromatic heterocycles. The number of carbonyl (C=O) groups is 1. The van der Waals surface area contributed by atoms with Gasteiger partial charge in [-0.2, -0.15) is 9.61 Å². The number of likely N-dealkylation sites (tertiary alicyclic amines) is 1. The summed E-state index contributed by atoms with van der Waals surface area (Å²) in [6.45, 7) is 9.98. The Morgan fingerprint density at radius 3 is 2.57 bits per heavy atom. The third kappa shape index (κ3) is 3.27. The highest BCUT2D eigenvalue weighted by Gasteiger charge is 2.20. The van der Waals surface area contributed by atoms with E-state index >= 15 is 0 Å². The lowest BCUT2D eigenvalue weighted by Gasteiger charge is -2.15. The summed E-state index contributed by atoms with van der Waals surface area (Å²) in [5.74, 6) is 2.03. The van der Waals surface area contributed by atoms with Gasteiger partial charge >= 0.3 is 0 Å². The highest BCUT2D eigenvalue weighted by atomic mass is 16.2. The lowest BCUT2D eigenvalue weighted by atomic mass is 10.1. The van der Waals surface area contributed by atoms with E-state index in [9.17, 15) is 4.79 Å². The molecule has 0 bridgehead atoms. The number of rotatable bonds is 5. The first kappa shape index (κ1) is 18.6. The summed E-state index contributed by atoms with van der Waals surface area (Å²) in [6.07, 6.45) is 3.48. The predicted molar refractivity (Wildman–Crippen MR) is 106 cm³/mol. The van der Waals surface area contributed by atoms with Crippen LogP contribution in [0, 0.1) is 13.8 Å². The van der Waals surface area contributed by atoms with Crippen molar-refractivity contribution in [3.63, 3.8) is 0 Å². The summed E-state index contributed by atoms with van der Waals surface area (Å²) in [6, 6.07) is 3.82. The summed E-state index contributed by atoms with van der Waals surface area (Å²) in [7, 11) is 0. The SMILES string of the molecule is Cc1nn(-c2ccc3nnc(C(C)C)n3n2)c(C)c1CCC(=O)N1CCCC1. The van der Waals surface area contributed by atoms with Gasteiger partial charge in [0.15, 0.2) is 17.3 Å². The Bertz CT molecular complexity index is 1010. The lowest BCUT2D eigenvalue weighted by molar-refractivity contribution is -0.130. The number of hydrogen-bond donors (Lipinski definition) is 0. The third-order valence-corrected chi connectivity index (χ3v) is 5.50.